The third-order valence-electron chi connectivity index (χ3n) is 4.83. The molecule has 2 aromatic carbocycles. The summed E-state index contributed by atoms with van der Waals surface area (Å²) >= 11 is 0. The minimum atomic E-state index is -0.180. The molecular formula is C21H21N3O2. The first-order valence-corrected chi connectivity index (χ1v) is 8.90. The SMILES string of the molecule is CCc1noc(C)c1C(=O)Nc1ccccc1N1CCc2ccccc21. The van der Waals surface area contributed by atoms with E-state index in [2.05, 4.69) is 33.6 Å². The van der Waals surface area contributed by atoms with Crippen LogP contribution in [0.4, 0.5) is 17.1 Å². The van der Waals surface area contributed by atoms with E-state index in [1.54, 1.807) is 6.92 Å². The number of carbonyl (C=O) groups is 1. The highest BCUT2D eigenvalue weighted by atomic mass is 16.5. The second-order valence-electron chi connectivity index (χ2n) is 6.42. The minimum Gasteiger partial charge on any atom is -0.361 e. The normalized spacial score (nSPS) is 12.9. The van der Waals surface area contributed by atoms with Crippen molar-refractivity contribution in [3.8, 4) is 0 Å². The largest absolute Gasteiger partial charge is 0.361 e. The molecule has 0 aliphatic carbocycles. The van der Waals surface area contributed by atoms with E-state index in [0.29, 0.717) is 23.4 Å². The molecule has 0 unspecified atom stereocenters. The molecule has 1 amide bonds. The maximum Gasteiger partial charge on any atom is 0.261 e. The van der Waals surface area contributed by atoms with Gasteiger partial charge >= 0.3 is 0 Å². The standard InChI is InChI=1S/C21H21N3O2/c1-3-16-20(14(2)26-23-16)21(25)22-17-9-5-7-11-19(17)24-13-12-15-8-4-6-10-18(15)24/h4-11H,3,12-13H2,1-2H3,(H,22,25). The van der Waals surface area contributed by atoms with Crippen LogP contribution in [-0.4, -0.2) is 17.6 Å². The molecule has 0 fully saturated rings. The number of carbonyl (C=O) groups excluding carboxylic acids is 1. The average Bonchev–Trinajstić information content (AvgIpc) is 3.25. The lowest BCUT2D eigenvalue weighted by Crippen LogP contribution is -2.19. The molecule has 0 saturated carbocycles. The molecule has 1 N–H and O–H groups in total. The van der Waals surface area contributed by atoms with Crippen LogP contribution in [0.15, 0.2) is 53.1 Å². The van der Waals surface area contributed by atoms with Gasteiger partial charge in [-0.3, -0.25) is 4.79 Å². The van der Waals surface area contributed by atoms with E-state index in [1.165, 1.54) is 11.3 Å². The zero-order valence-corrected chi connectivity index (χ0v) is 15.0. The lowest BCUT2D eigenvalue weighted by molar-refractivity contribution is 0.102. The van der Waals surface area contributed by atoms with Crippen LogP contribution in [0, 0.1) is 6.92 Å². The summed E-state index contributed by atoms with van der Waals surface area (Å²) in [5, 5.41) is 7.04. The van der Waals surface area contributed by atoms with Crippen molar-refractivity contribution in [2.45, 2.75) is 26.7 Å². The maximum atomic E-state index is 12.9. The van der Waals surface area contributed by atoms with Gasteiger partial charge in [-0.1, -0.05) is 42.4 Å². The van der Waals surface area contributed by atoms with Gasteiger partial charge in [0.2, 0.25) is 0 Å². The van der Waals surface area contributed by atoms with E-state index in [4.69, 9.17) is 4.52 Å². The summed E-state index contributed by atoms with van der Waals surface area (Å²) in [5.41, 5.74) is 5.53. The summed E-state index contributed by atoms with van der Waals surface area (Å²) in [4.78, 5) is 15.1. The molecule has 0 saturated heterocycles. The van der Waals surface area contributed by atoms with Gasteiger partial charge in [0, 0.05) is 12.2 Å². The Bertz CT molecular complexity index is 961. The molecule has 1 aliphatic rings. The third-order valence-corrected chi connectivity index (χ3v) is 4.83. The number of hydrogen-bond donors (Lipinski definition) is 1. The number of nitrogens with one attached hydrogen (secondary N) is 1. The van der Waals surface area contributed by atoms with Crippen LogP contribution < -0.4 is 10.2 Å². The van der Waals surface area contributed by atoms with Crippen molar-refractivity contribution in [1.82, 2.24) is 5.16 Å². The van der Waals surface area contributed by atoms with E-state index in [1.807, 2.05) is 37.3 Å². The summed E-state index contributed by atoms with van der Waals surface area (Å²) in [7, 11) is 0. The number of aromatic nitrogens is 1. The fourth-order valence-corrected chi connectivity index (χ4v) is 3.54. The number of hydrogen-bond acceptors (Lipinski definition) is 4. The summed E-state index contributed by atoms with van der Waals surface area (Å²) in [6.07, 6.45) is 1.66. The molecule has 0 radical (unpaired) electrons. The summed E-state index contributed by atoms with van der Waals surface area (Å²) < 4.78 is 5.20. The van der Waals surface area contributed by atoms with Gasteiger partial charge in [-0.25, -0.2) is 0 Å². The van der Waals surface area contributed by atoms with Gasteiger partial charge in [-0.2, -0.15) is 0 Å². The minimum absolute atomic E-state index is 0.180. The van der Waals surface area contributed by atoms with Crippen LogP contribution >= 0.6 is 0 Å². The molecular weight excluding hydrogens is 326 g/mol. The fourth-order valence-electron chi connectivity index (χ4n) is 3.54. The summed E-state index contributed by atoms with van der Waals surface area (Å²) in [6.45, 7) is 4.63. The van der Waals surface area contributed by atoms with Crippen LogP contribution in [0.3, 0.4) is 0 Å². The highest BCUT2D eigenvalue weighted by Crippen LogP contribution is 2.38. The first-order chi connectivity index (χ1) is 12.7. The number of fused-ring (bicyclic) bond motifs is 1. The van der Waals surface area contributed by atoms with Gasteiger partial charge < -0.3 is 14.7 Å². The number of aryl methyl sites for hydroxylation is 2. The molecule has 0 atom stereocenters. The predicted octanol–water partition coefficient (Wildman–Crippen LogP) is 4.49. The van der Waals surface area contributed by atoms with Gasteiger partial charge in [0.1, 0.15) is 11.3 Å². The number of nitrogens with zero attached hydrogens (tertiary/aromatic N) is 2. The molecule has 5 heteroatoms. The predicted molar refractivity (Wildman–Crippen MR) is 102 cm³/mol. The van der Waals surface area contributed by atoms with Gasteiger partial charge in [-0.05, 0) is 43.5 Å². The molecule has 2 heterocycles. The van der Waals surface area contributed by atoms with Crippen LogP contribution in [0.1, 0.15) is 34.3 Å². The summed E-state index contributed by atoms with van der Waals surface area (Å²) in [6, 6.07) is 16.3. The van der Waals surface area contributed by atoms with E-state index in [-0.39, 0.29) is 5.91 Å². The Morgan fingerprint density at radius 2 is 1.88 bits per heavy atom. The van der Waals surface area contributed by atoms with Crippen LogP contribution in [0.25, 0.3) is 0 Å². The smallest absolute Gasteiger partial charge is 0.261 e. The Labute approximate surface area is 152 Å². The lowest BCUT2D eigenvalue weighted by Gasteiger charge is -2.23. The Kier molecular flexibility index (Phi) is 4.21. The first-order valence-electron chi connectivity index (χ1n) is 8.90. The first kappa shape index (κ1) is 16.4. The Morgan fingerprint density at radius 1 is 1.15 bits per heavy atom. The zero-order valence-electron chi connectivity index (χ0n) is 15.0. The molecule has 5 nitrogen and oxygen atoms in total. The number of anilines is 3. The molecule has 26 heavy (non-hydrogen) atoms. The van der Waals surface area contributed by atoms with Gasteiger partial charge in [-0.15, -0.1) is 0 Å². The van der Waals surface area contributed by atoms with Gasteiger partial charge in [0.25, 0.3) is 5.91 Å². The van der Waals surface area contributed by atoms with E-state index < -0.39 is 0 Å². The van der Waals surface area contributed by atoms with Crippen molar-refractivity contribution in [1.29, 1.82) is 0 Å². The number of amides is 1. The van der Waals surface area contributed by atoms with Crippen LogP contribution in [0.2, 0.25) is 0 Å². The monoisotopic (exact) mass is 347 g/mol. The molecule has 132 valence electrons. The molecule has 1 aromatic heterocycles. The fraction of sp³-hybridized carbons (Fsp3) is 0.238. The zero-order chi connectivity index (χ0) is 18.1. The van der Waals surface area contributed by atoms with Crippen molar-refractivity contribution >= 4 is 23.0 Å². The summed E-state index contributed by atoms with van der Waals surface area (Å²) in [5.74, 6) is 0.365. The highest BCUT2D eigenvalue weighted by Gasteiger charge is 2.24. The number of rotatable bonds is 4. The topological polar surface area (TPSA) is 58.4 Å². The van der Waals surface area contributed by atoms with Crippen molar-refractivity contribution in [3.63, 3.8) is 0 Å². The van der Waals surface area contributed by atoms with E-state index >= 15 is 0 Å². The Hall–Kier alpha value is -3.08. The van der Waals surface area contributed by atoms with E-state index in [9.17, 15) is 4.79 Å². The highest BCUT2D eigenvalue weighted by molar-refractivity contribution is 6.07. The Balaban J connectivity index is 1.67. The average molecular weight is 347 g/mol. The molecule has 0 bridgehead atoms. The lowest BCUT2D eigenvalue weighted by atomic mass is 10.1. The van der Waals surface area contributed by atoms with Crippen molar-refractivity contribution in [2.75, 3.05) is 16.8 Å². The molecule has 3 aromatic rings. The number of para-hydroxylation sites is 3. The van der Waals surface area contributed by atoms with E-state index in [0.717, 1.165) is 24.3 Å². The Morgan fingerprint density at radius 3 is 2.69 bits per heavy atom. The molecule has 4 rings (SSSR count). The number of benzene rings is 2. The second-order valence-corrected chi connectivity index (χ2v) is 6.42. The molecule has 0 spiro atoms. The van der Waals surface area contributed by atoms with Crippen molar-refractivity contribution in [3.05, 3.63) is 71.1 Å². The third kappa shape index (κ3) is 2.75. The van der Waals surface area contributed by atoms with Gasteiger partial charge in [0.15, 0.2) is 0 Å². The quantitative estimate of drug-likeness (QED) is 0.755. The van der Waals surface area contributed by atoms with Crippen LogP contribution in [-0.2, 0) is 12.8 Å². The molecule has 1 aliphatic heterocycles. The second kappa shape index (κ2) is 6.67. The van der Waals surface area contributed by atoms with Crippen molar-refractivity contribution < 1.29 is 9.32 Å². The maximum absolute atomic E-state index is 12.9. The van der Waals surface area contributed by atoms with Crippen LogP contribution in [0.5, 0.6) is 0 Å². The van der Waals surface area contributed by atoms with Gasteiger partial charge in [0.05, 0.1) is 17.1 Å². The van der Waals surface area contributed by atoms with Crippen molar-refractivity contribution in [2.24, 2.45) is 0 Å².